The summed E-state index contributed by atoms with van der Waals surface area (Å²) in [6.45, 7) is 2.20. The number of halogens is 2. The van der Waals surface area contributed by atoms with Gasteiger partial charge >= 0.3 is 0 Å². The minimum absolute atomic E-state index is 0.657. The maximum absolute atomic E-state index is 5.92. The van der Waals surface area contributed by atoms with Crippen LogP contribution in [-0.2, 0) is 0 Å². The van der Waals surface area contributed by atoms with E-state index in [4.69, 9.17) is 23.2 Å². The Morgan fingerprint density at radius 1 is 1.21 bits per heavy atom. The minimum atomic E-state index is 0.657. The van der Waals surface area contributed by atoms with Crippen molar-refractivity contribution in [3.05, 3.63) is 28.2 Å². The standard InChI is InChI=1S/C10H11Cl2NS/c11-7-3-8(12)5-10(4-7)14-9-1-2-13-6-9/h3-5,9,13H,1-2,6H2/t9-/m0/s1. The third-order valence-corrected chi connectivity index (χ3v) is 3.83. The maximum Gasteiger partial charge on any atom is 0.0431 e. The molecule has 0 amide bonds. The summed E-state index contributed by atoms with van der Waals surface area (Å²) >= 11 is 13.7. The first-order valence-corrected chi connectivity index (χ1v) is 6.21. The highest BCUT2D eigenvalue weighted by atomic mass is 35.5. The third kappa shape index (κ3) is 2.80. The summed E-state index contributed by atoms with van der Waals surface area (Å²) in [6.07, 6.45) is 1.22. The van der Waals surface area contributed by atoms with E-state index in [-0.39, 0.29) is 0 Å². The molecule has 0 saturated carbocycles. The van der Waals surface area contributed by atoms with E-state index in [1.165, 1.54) is 6.42 Å². The molecule has 2 rings (SSSR count). The van der Waals surface area contributed by atoms with Crippen molar-refractivity contribution in [2.45, 2.75) is 16.6 Å². The fourth-order valence-corrected chi connectivity index (χ4v) is 3.39. The highest BCUT2D eigenvalue weighted by Gasteiger charge is 2.15. The van der Waals surface area contributed by atoms with Crippen molar-refractivity contribution in [3.63, 3.8) is 0 Å². The summed E-state index contributed by atoms with van der Waals surface area (Å²) in [4.78, 5) is 1.16. The van der Waals surface area contributed by atoms with Crippen LogP contribution in [-0.4, -0.2) is 18.3 Å². The monoisotopic (exact) mass is 247 g/mol. The van der Waals surface area contributed by atoms with Gasteiger partial charge in [0, 0.05) is 26.7 Å². The molecular weight excluding hydrogens is 237 g/mol. The molecule has 0 aromatic heterocycles. The van der Waals surface area contributed by atoms with Crippen LogP contribution in [0.4, 0.5) is 0 Å². The number of rotatable bonds is 2. The normalized spacial score (nSPS) is 21.4. The van der Waals surface area contributed by atoms with Gasteiger partial charge in [-0.2, -0.15) is 0 Å². The molecule has 0 spiro atoms. The molecule has 1 atom stereocenters. The van der Waals surface area contributed by atoms with Crippen molar-refractivity contribution in [2.24, 2.45) is 0 Å². The van der Waals surface area contributed by atoms with E-state index in [1.54, 1.807) is 6.07 Å². The summed E-state index contributed by atoms with van der Waals surface area (Å²) < 4.78 is 0. The minimum Gasteiger partial charge on any atom is -0.316 e. The Labute approximate surface area is 98.2 Å². The van der Waals surface area contributed by atoms with Gasteiger partial charge in [0.15, 0.2) is 0 Å². The molecular formula is C10H11Cl2NS. The highest BCUT2D eigenvalue weighted by Crippen LogP contribution is 2.31. The zero-order valence-electron chi connectivity index (χ0n) is 7.59. The summed E-state index contributed by atoms with van der Waals surface area (Å²) in [5.41, 5.74) is 0. The number of hydrogen-bond donors (Lipinski definition) is 1. The second kappa shape index (κ2) is 4.75. The molecule has 1 saturated heterocycles. The van der Waals surface area contributed by atoms with E-state index >= 15 is 0 Å². The summed E-state index contributed by atoms with van der Waals surface area (Å²) in [7, 11) is 0. The number of benzene rings is 1. The lowest BCUT2D eigenvalue weighted by atomic mass is 10.4. The molecule has 1 heterocycles. The lowest BCUT2D eigenvalue weighted by molar-refractivity contribution is 0.858. The van der Waals surface area contributed by atoms with Crippen LogP contribution in [0.15, 0.2) is 23.1 Å². The second-order valence-corrected chi connectivity index (χ2v) is 5.58. The van der Waals surface area contributed by atoms with Crippen molar-refractivity contribution < 1.29 is 0 Å². The van der Waals surface area contributed by atoms with Crippen molar-refractivity contribution >= 4 is 35.0 Å². The van der Waals surface area contributed by atoms with Gasteiger partial charge in [-0.15, -0.1) is 11.8 Å². The van der Waals surface area contributed by atoms with Gasteiger partial charge < -0.3 is 5.32 Å². The van der Waals surface area contributed by atoms with E-state index in [0.717, 1.165) is 18.0 Å². The van der Waals surface area contributed by atoms with Gasteiger partial charge in [-0.25, -0.2) is 0 Å². The smallest absolute Gasteiger partial charge is 0.0431 e. The second-order valence-electron chi connectivity index (χ2n) is 3.34. The van der Waals surface area contributed by atoms with Crippen molar-refractivity contribution in [1.82, 2.24) is 5.32 Å². The van der Waals surface area contributed by atoms with Gasteiger partial charge in [-0.05, 0) is 31.2 Å². The molecule has 0 bridgehead atoms. The summed E-state index contributed by atoms with van der Waals surface area (Å²) in [5, 5.41) is 5.42. The fourth-order valence-electron chi connectivity index (χ4n) is 1.52. The highest BCUT2D eigenvalue weighted by molar-refractivity contribution is 8.00. The molecule has 1 aromatic carbocycles. The van der Waals surface area contributed by atoms with Crippen LogP contribution in [0.1, 0.15) is 6.42 Å². The predicted octanol–water partition coefficient (Wildman–Crippen LogP) is 3.45. The first-order chi connectivity index (χ1) is 6.74. The van der Waals surface area contributed by atoms with Crippen LogP contribution in [0.25, 0.3) is 0 Å². The Kier molecular flexibility index (Phi) is 3.61. The molecule has 0 aliphatic carbocycles. The third-order valence-electron chi connectivity index (χ3n) is 2.15. The Hall–Kier alpha value is 0.110. The van der Waals surface area contributed by atoms with Crippen LogP contribution >= 0.6 is 35.0 Å². The Morgan fingerprint density at radius 2 is 1.93 bits per heavy atom. The number of hydrogen-bond acceptors (Lipinski definition) is 2. The molecule has 0 radical (unpaired) electrons. The van der Waals surface area contributed by atoms with E-state index in [0.29, 0.717) is 15.3 Å². The lowest BCUT2D eigenvalue weighted by Crippen LogP contribution is -2.09. The Bertz CT molecular complexity index is 304. The van der Waals surface area contributed by atoms with E-state index in [2.05, 4.69) is 5.32 Å². The molecule has 0 unspecified atom stereocenters. The van der Waals surface area contributed by atoms with Crippen LogP contribution < -0.4 is 5.32 Å². The van der Waals surface area contributed by atoms with Crippen LogP contribution in [0.5, 0.6) is 0 Å². The topological polar surface area (TPSA) is 12.0 Å². The maximum atomic E-state index is 5.92. The molecule has 1 aromatic rings. The first kappa shape index (κ1) is 10.6. The SMILES string of the molecule is Clc1cc(Cl)cc(S[C@H]2CCNC2)c1. The molecule has 1 aliphatic rings. The van der Waals surface area contributed by atoms with E-state index in [9.17, 15) is 0 Å². The predicted molar refractivity (Wildman–Crippen MR) is 63.6 cm³/mol. The van der Waals surface area contributed by atoms with Crippen LogP contribution in [0.3, 0.4) is 0 Å². The molecule has 1 fully saturated rings. The van der Waals surface area contributed by atoms with Gasteiger partial charge in [0.25, 0.3) is 0 Å². The summed E-state index contributed by atoms with van der Waals surface area (Å²) in [5.74, 6) is 0. The van der Waals surface area contributed by atoms with Gasteiger partial charge in [0.1, 0.15) is 0 Å². The van der Waals surface area contributed by atoms with Crippen molar-refractivity contribution in [3.8, 4) is 0 Å². The molecule has 14 heavy (non-hydrogen) atoms. The first-order valence-electron chi connectivity index (χ1n) is 4.57. The van der Waals surface area contributed by atoms with E-state index < -0.39 is 0 Å². The largest absolute Gasteiger partial charge is 0.316 e. The average molecular weight is 248 g/mol. The molecule has 1 N–H and O–H groups in total. The zero-order valence-corrected chi connectivity index (χ0v) is 9.92. The van der Waals surface area contributed by atoms with Gasteiger partial charge in [0.05, 0.1) is 0 Å². The lowest BCUT2D eigenvalue weighted by Gasteiger charge is -2.08. The molecule has 1 nitrogen and oxygen atoms in total. The number of nitrogens with one attached hydrogen (secondary N) is 1. The Balaban J connectivity index is 2.07. The Morgan fingerprint density at radius 3 is 2.50 bits per heavy atom. The van der Waals surface area contributed by atoms with Gasteiger partial charge in [-0.1, -0.05) is 23.2 Å². The quantitative estimate of drug-likeness (QED) is 0.860. The molecule has 4 heteroatoms. The van der Waals surface area contributed by atoms with Crippen molar-refractivity contribution in [2.75, 3.05) is 13.1 Å². The fraction of sp³-hybridized carbons (Fsp3) is 0.400. The van der Waals surface area contributed by atoms with Crippen LogP contribution in [0, 0.1) is 0 Å². The van der Waals surface area contributed by atoms with Crippen molar-refractivity contribution in [1.29, 1.82) is 0 Å². The zero-order chi connectivity index (χ0) is 9.97. The van der Waals surface area contributed by atoms with Crippen LogP contribution in [0.2, 0.25) is 10.0 Å². The molecule has 1 aliphatic heterocycles. The molecule has 76 valence electrons. The van der Waals surface area contributed by atoms with Gasteiger partial charge in [-0.3, -0.25) is 0 Å². The average Bonchev–Trinajstić information content (AvgIpc) is 2.54. The number of thioether (sulfide) groups is 1. The summed E-state index contributed by atoms with van der Waals surface area (Å²) in [6, 6.07) is 5.70. The van der Waals surface area contributed by atoms with E-state index in [1.807, 2.05) is 23.9 Å². The van der Waals surface area contributed by atoms with Gasteiger partial charge in [0.2, 0.25) is 0 Å².